The van der Waals surface area contributed by atoms with Crippen LogP contribution >= 0.6 is 23.2 Å². The summed E-state index contributed by atoms with van der Waals surface area (Å²) in [6.45, 7) is 3.56. The van der Waals surface area contributed by atoms with Crippen LogP contribution < -0.4 is 10.6 Å². The van der Waals surface area contributed by atoms with Crippen molar-refractivity contribution in [2.24, 2.45) is 11.7 Å². The minimum atomic E-state index is -0.504. The monoisotopic (exact) mass is 303 g/mol. The van der Waals surface area contributed by atoms with E-state index in [2.05, 4.69) is 0 Å². The summed E-state index contributed by atoms with van der Waals surface area (Å²) < 4.78 is 0. The summed E-state index contributed by atoms with van der Waals surface area (Å²) in [4.78, 5) is 12.3. The number of non-ortho nitro benzene ring substituents is 1. The van der Waals surface area contributed by atoms with E-state index in [1.165, 1.54) is 12.1 Å². The van der Waals surface area contributed by atoms with Crippen LogP contribution in [0.3, 0.4) is 0 Å². The van der Waals surface area contributed by atoms with Crippen LogP contribution in [0.5, 0.6) is 0 Å². The van der Waals surface area contributed by atoms with Crippen molar-refractivity contribution in [2.45, 2.75) is 19.4 Å². The molecule has 0 spiro atoms. The van der Waals surface area contributed by atoms with Gasteiger partial charge in [0.05, 0.1) is 20.7 Å². The van der Waals surface area contributed by atoms with E-state index < -0.39 is 4.92 Å². The van der Waals surface area contributed by atoms with E-state index in [1.807, 2.05) is 11.8 Å². The van der Waals surface area contributed by atoms with Crippen LogP contribution in [0.4, 0.5) is 11.4 Å². The highest BCUT2D eigenvalue weighted by Gasteiger charge is 2.28. The lowest BCUT2D eigenvalue weighted by Crippen LogP contribution is -2.29. The van der Waals surface area contributed by atoms with Crippen LogP contribution in [0, 0.1) is 16.0 Å². The summed E-state index contributed by atoms with van der Waals surface area (Å²) >= 11 is 12.2. The number of anilines is 1. The first-order valence-corrected chi connectivity index (χ1v) is 6.79. The van der Waals surface area contributed by atoms with Crippen LogP contribution in [0.1, 0.15) is 13.3 Å². The van der Waals surface area contributed by atoms with Crippen LogP contribution in [-0.2, 0) is 0 Å². The molecule has 0 bridgehead atoms. The number of halogens is 2. The third kappa shape index (κ3) is 2.94. The van der Waals surface area contributed by atoms with Crippen molar-refractivity contribution >= 4 is 34.6 Å². The maximum atomic E-state index is 10.7. The Labute approximate surface area is 121 Å². The predicted octanol–water partition coefficient (Wildman–Crippen LogP) is 3.08. The highest BCUT2D eigenvalue weighted by Crippen LogP contribution is 2.39. The van der Waals surface area contributed by atoms with Gasteiger partial charge in [0.2, 0.25) is 0 Å². The molecule has 1 aliphatic rings. The lowest BCUT2D eigenvalue weighted by molar-refractivity contribution is -0.384. The average Bonchev–Trinajstić information content (AvgIpc) is 2.77. The second-order valence-corrected chi connectivity index (χ2v) is 5.68. The first kappa shape index (κ1) is 14.4. The Kier molecular flexibility index (Phi) is 4.18. The molecule has 2 unspecified atom stereocenters. The zero-order valence-electron chi connectivity index (χ0n) is 10.5. The van der Waals surface area contributed by atoms with Crippen molar-refractivity contribution < 1.29 is 4.92 Å². The highest BCUT2D eigenvalue weighted by molar-refractivity contribution is 6.39. The number of nitro benzene ring substituents is 1. The second kappa shape index (κ2) is 5.53. The van der Waals surface area contributed by atoms with E-state index in [9.17, 15) is 10.1 Å². The lowest BCUT2D eigenvalue weighted by atomic mass is 10.0. The molecule has 2 N–H and O–H groups in total. The van der Waals surface area contributed by atoms with E-state index in [0.717, 1.165) is 19.5 Å². The molecule has 2 atom stereocenters. The standard InChI is InChI=1S/C12H15Cl2N3O2/c1-7(15)8-2-3-16(6-8)12-10(13)4-9(17(18)19)5-11(12)14/h4-5,7-8H,2-3,6,15H2,1H3. The summed E-state index contributed by atoms with van der Waals surface area (Å²) in [5.41, 5.74) is 6.46. The maximum Gasteiger partial charge on any atom is 0.272 e. The molecule has 1 aromatic rings. The Morgan fingerprint density at radius 1 is 1.47 bits per heavy atom. The first-order valence-electron chi connectivity index (χ1n) is 6.04. The van der Waals surface area contributed by atoms with E-state index in [1.54, 1.807) is 0 Å². The molecule has 0 aromatic heterocycles. The summed E-state index contributed by atoms with van der Waals surface area (Å²) in [6, 6.07) is 2.78. The molecule has 5 nitrogen and oxygen atoms in total. The number of benzene rings is 1. The molecule has 19 heavy (non-hydrogen) atoms. The van der Waals surface area contributed by atoms with Gasteiger partial charge in [-0.2, -0.15) is 0 Å². The normalized spacial score (nSPS) is 20.6. The minimum absolute atomic E-state index is 0.0957. The number of hydrogen-bond donors (Lipinski definition) is 1. The average molecular weight is 304 g/mol. The van der Waals surface area contributed by atoms with Gasteiger partial charge in [-0.15, -0.1) is 0 Å². The van der Waals surface area contributed by atoms with Gasteiger partial charge in [-0.05, 0) is 19.3 Å². The number of hydrogen-bond acceptors (Lipinski definition) is 4. The Bertz CT molecular complexity index is 485. The smallest absolute Gasteiger partial charge is 0.272 e. The molecule has 7 heteroatoms. The molecule has 1 fully saturated rings. The van der Waals surface area contributed by atoms with Gasteiger partial charge in [0.25, 0.3) is 5.69 Å². The quantitative estimate of drug-likeness (QED) is 0.688. The Morgan fingerprint density at radius 3 is 2.47 bits per heavy atom. The zero-order chi connectivity index (χ0) is 14.2. The summed E-state index contributed by atoms with van der Waals surface area (Å²) in [5.74, 6) is 0.391. The van der Waals surface area contributed by atoms with Crippen LogP contribution in [0.2, 0.25) is 10.0 Å². The summed E-state index contributed by atoms with van der Waals surface area (Å²) in [7, 11) is 0. The molecule has 0 radical (unpaired) electrons. The Balaban J connectivity index is 2.29. The van der Waals surface area contributed by atoms with E-state index in [-0.39, 0.29) is 11.7 Å². The van der Waals surface area contributed by atoms with Gasteiger partial charge >= 0.3 is 0 Å². The van der Waals surface area contributed by atoms with E-state index >= 15 is 0 Å². The molecule has 104 valence electrons. The molecule has 0 amide bonds. The van der Waals surface area contributed by atoms with Crippen molar-refractivity contribution in [2.75, 3.05) is 18.0 Å². The van der Waals surface area contributed by atoms with E-state index in [4.69, 9.17) is 28.9 Å². The van der Waals surface area contributed by atoms with Crippen LogP contribution in [0.15, 0.2) is 12.1 Å². The van der Waals surface area contributed by atoms with Crippen molar-refractivity contribution in [1.82, 2.24) is 0 Å². The van der Waals surface area contributed by atoms with E-state index in [0.29, 0.717) is 21.7 Å². The van der Waals surface area contributed by atoms with Gasteiger partial charge in [0.1, 0.15) is 0 Å². The van der Waals surface area contributed by atoms with Gasteiger partial charge in [-0.1, -0.05) is 23.2 Å². The topological polar surface area (TPSA) is 72.4 Å². The molecular formula is C12H15Cl2N3O2. The molecule has 2 rings (SSSR count). The number of nitrogens with zero attached hydrogens (tertiary/aromatic N) is 2. The van der Waals surface area contributed by atoms with Crippen molar-refractivity contribution in [1.29, 1.82) is 0 Å². The number of rotatable bonds is 3. The molecule has 1 heterocycles. The number of nitrogens with two attached hydrogens (primary N) is 1. The fourth-order valence-electron chi connectivity index (χ4n) is 2.38. The molecule has 0 aliphatic carbocycles. The predicted molar refractivity (Wildman–Crippen MR) is 77.1 cm³/mol. The van der Waals surface area contributed by atoms with Gasteiger partial charge < -0.3 is 10.6 Å². The Morgan fingerprint density at radius 2 is 2.05 bits per heavy atom. The lowest BCUT2D eigenvalue weighted by Gasteiger charge is -2.22. The van der Waals surface area contributed by atoms with Crippen LogP contribution in [0.25, 0.3) is 0 Å². The van der Waals surface area contributed by atoms with Crippen molar-refractivity contribution in [3.05, 3.63) is 32.3 Å². The zero-order valence-corrected chi connectivity index (χ0v) is 12.0. The van der Waals surface area contributed by atoms with Crippen molar-refractivity contribution in [3.8, 4) is 0 Å². The molecule has 1 aromatic carbocycles. The minimum Gasteiger partial charge on any atom is -0.369 e. The summed E-state index contributed by atoms with van der Waals surface area (Å²) in [6.07, 6.45) is 0.974. The third-order valence-corrected chi connectivity index (χ3v) is 4.07. The Hall–Kier alpha value is -1.04. The summed E-state index contributed by atoms with van der Waals surface area (Å²) in [5, 5.41) is 11.4. The highest BCUT2D eigenvalue weighted by atomic mass is 35.5. The molecule has 0 saturated carbocycles. The fourth-order valence-corrected chi connectivity index (χ4v) is 3.09. The first-order chi connectivity index (χ1) is 8.90. The third-order valence-electron chi connectivity index (χ3n) is 3.50. The van der Waals surface area contributed by atoms with Gasteiger partial charge in [0.15, 0.2) is 0 Å². The van der Waals surface area contributed by atoms with Crippen molar-refractivity contribution in [3.63, 3.8) is 0 Å². The molecule has 1 saturated heterocycles. The van der Waals surface area contributed by atoms with Gasteiger partial charge in [-0.25, -0.2) is 0 Å². The SMILES string of the molecule is CC(N)C1CCN(c2c(Cl)cc([N+](=O)[O-])cc2Cl)C1. The fraction of sp³-hybridized carbons (Fsp3) is 0.500. The van der Waals surface area contributed by atoms with Gasteiger partial charge in [0, 0.05) is 31.3 Å². The van der Waals surface area contributed by atoms with Crippen LogP contribution in [-0.4, -0.2) is 24.1 Å². The molecular weight excluding hydrogens is 289 g/mol. The van der Waals surface area contributed by atoms with Gasteiger partial charge in [-0.3, -0.25) is 10.1 Å². The molecule has 1 aliphatic heterocycles. The largest absolute Gasteiger partial charge is 0.369 e. The second-order valence-electron chi connectivity index (χ2n) is 4.87. The maximum absolute atomic E-state index is 10.7. The number of nitro groups is 1.